The van der Waals surface area contributed by atoms with E-state index in [1.165, 1.54) is 18.3 Å². The minimum atomic E-state index is -0.470. The van der Waals surface area contributed by atoms with E-state index in [4.69, 9.17) is 10.00 Å². The van der Waals surface area contributed by atoms with Gasteiger partial charge >= 0.3 is 0 Å². The van der Waals surface area contributed by atoms with Crippen LogP contribution < -0.4 is 9.64 Å². The summed E-state index contributed by atoms with van der Waals surface area (Å²) in [5, 5.41) is 8.90. The number of pyridine rings is 1. The lowest BCUT2D eigenvalue weighted by Crippen LogP contribution is -2.42. The van der Waals surface area contributed by atoms with Gasteiger partial charge in [0.15, 0.2) is 5.82 Å². The van der Waals surface area contributed by atoms with Crippen LogP contribution in [0.1, 0.15) is 18.5 Å². The summed E-state index contributed by atoms with van der Waals surface area (Å²) in [7, 11) is 0. The van der Waals surface area contributed by atoms with E-state index < -0.39 is 5.82 Å². The minimum absolute atomic E-state index is 0.0149. The zero-order valence-electron chi connectivity index (χ0n) is 11.8. The van der Waals surface area contributed by atoms with Gasteiger partial charge in [0.25, 0.3) is 5.88 Å². The van der Waals surface area contributed by atoms with Crippen molar-refractivity contribution >= 4 is 5.95 Å². The molecule has 0 unspecified atom stereocenters. The Morgan fingerprint density at radius 1 is 1.32 bits per heavy atom. The van der Waals surface area contributed by atoms with Crippen LogP contribution in [0.2, 0.25) is 0 Å². The molecule has 1 saturated heterocycles. The Hall–Kier alpha value is -2.75. The van der Waals surface area contributed by atoms with Crippen molar-refractivity contribution in [3.05, 3.63) is 42.1 Å². The maximum atomic E-state index is 13.6. The average molecular weight is 299 g/mol. The second-order valence-corrected chi connectivity index (χ2v) is 4.97. The lowest BCUT2D eigenvalue weighted by molar-refractivity contribution is 0.163. The van der Waals surface area contributed by atoms with Crippen molar-refractivity contribution in [3.8, 4) is 11.9 Å². The maximum absolute atomic E-state index is 13.6. The molecule has 3 rings (SSSR count). The molecule has 0 saturated carbocycles. The van der Waals surface area contributed by atoms with Crippen molar-refractivity contribution in [1.82, 2.24) is 15.0 Å². The Morgan fingerprint density at radius 3 is 3.05 bits per heavy atom. The molecule has 1 aliphatic heterocycles. The highest BCUT2D eigenvalue weighted by atomic mass is 19.1. The van der Waals surface area contributed by atoms with Gasteiger partial charge < -0.3 is 9.64 Å². The van der Waals surface area contributed by atoms with Crippen LogP contribution in [0.25, 0.3) is 0 Å². The normalized spacial score (nSPS) is 17.8. The first-order chi connectivity index (χ1) is 10.8. The number of nitriles is 1. The first kappa shape index (κ1) is 14.2. The molecular formula is C15H14FN5O. The smallest absolute Gasteiger partial charge is 0.250 e. The van der Waals surface area contributed by atoms with E-state index in [1.807, 2.05) is 11.0 Å². The molecule has 112 valence electrons. The number of halogens is 1. The molecule has 1 fully saturated rings. The molecule has 0 aliphatic carbocycles. The van der Waals surface area contributed by atoms with Crippen molar-refractivity contribution in [1.29, 1.82) is 5.26 Å². The highest BCUT2D eigenvalue weighted by Gasteiger charge is 2.24. The van der Waals surface area contributed by atoms with Gasteiger partial charge in [0.05, 0.1) is 6.54 Å². The molecule has 0 N–H and O–H groups in total. The fraction of sp³-hybridized carbons (Fsp3) is 0.333. The molecule has 6 nitrogen and oxygen atoms in total. The Labute approximate surface area is 127 Å². The first-order valence-corrected chi connectivity index (χ1v) is 7.01. The Kier molecular flexibility index (Phi) is 4.10. The van der Waals surface area contributed by atoms with Gasteiger partial charge in [-0.05, 0) is 31.0 Å². The van der Waals surface area contributed by atoms with E-state index in [1.54, 1.807) is 12.3 Å². The summed E-state index contributed by atoms with van der Waals surface area (Å²) < 4.78 is 19.2. The summed E-state index contributed by atoms with van der Waals surface area (Å²) in [5.74, 6) is 0.0391. The van der Waals surface area contributed by atoms with E-state index in [0.717, 1.165) is 19.4 Å². The molecule has 22 heavy (non-hydrogen) atoms. The molecule has 7 heteroatoms. The summed E-state index contributed by atoms with van der Waals surface area (Å²) >= 11 is 0. The molecular weight excluding hydrogens is 285 g/mol. The van der Waals surface area contributed by atoms with E-state index >= 15 is 0 Å². The van der Waals surface area contributed by atoms with Crippen LogP contribution >= 0.6 is 0 Å². The molecule has 0 spiro atoms. The maximum Gasteiger partial charge on any atom is 0.250 e. The van der Waals surface area contributed by atoms with Gasteiger partial charge in [-0.25, -0.2) is 19.3 Å². The SMILES string of the molecule is N#Cc1ccnc(N2CCC[C@H](Oc3ncccc3F)C2)n1. The number of aromatic nitrogens is 3. The number of ether oxygens (including phenoxy) is 1. The molecule has 0 amide bonds. The number of hydrogen-bond acceptors (Lipinski definition) is 6. The topological polar surface area (TPSA) is 74.9 Å². The largest absolute Gasteiger partial charge is 0.470 e. The second-order valence-electron chi connectivity index (χ2n) is 4.97. The predicted octanol–water partition coefficient (Wildman–Crippen LogP) is 1.93. The monoisotopic (exact) mass is 299 g/mol. The summed E-state index contributed by atoms with van der Waals surface area (Å²) in [5.41, 5.74) is 0.323. The lowest BCUT2D eigenvalue weighted by Gasteiger charge is -2.32. The van der Waals surface area contributed by atoms with Crippen LogP contribution in [0.3, 0.4) is 0 Å². The molecule has 0 bridgehead atoms. The van der Waals surface area contributed by atoms with E-state index in [0.29, 0.717) is 18.2 Å². The fourth-order valence-electron chi connectivity index (χ4n) is 2.39. The third-order valence-corrected chi connectivity index (χ3v) is 3.42. The lowest BCUT2D eigenvalue weighted by atomic mass is 10.1. The summed E-state index contributed by atoms with van der Waals surface area (Å²) in [6, 6.07) is 6.40. The summed E-state index contributed by atoms with van der Waals surface area (Å²) in [6.07, 6.45) is 4.55. The van der Waals surface area contributed by atoms with Crippen LogP contribution in [0.5, 0.6) is 5.88 Å². The van der Waals surface area contributed by atoms with Crippen LogP contribution in [0, 0.1) is 17.1 Å². The van der Waals surface area contributed by atoms with Gasteiger partial charge in [0.2, 0.25) is 5.95 Å². The summed E-state index contributed by atoms with van der Waals surface area (Å²) in [4.78, 5) is 14.2. The third-order valence-electron chi connectivity index (χ3n) is 3.42. The Bertz CT molecular complexity index is 702. The molecule has 1 aliphatic rings. The van der Waals surface area contributed by atoms with Gasteiger partial charge in [0.1, 0.15) is 17.9 Å². The van der Waals surface area contributed by atoms with E-state index in [9.17, 15) is 4.39 Å². The number of anilines is 1. The third kappa shape index (κ3) is 3.11. The molecule has 1 atom stereocenters. The Balaban J connectivity index is 1.71. The van der Waals surface area contributed by atoms with Crippen molar-refractivity contribution < 1.29 is 9.13 Å². The minimum Gasteiger partial charge on any atom is -0.470 e. The first-order valence-electron chi connectivity index (χ1n) is 7.01. The molecule has 0 aromatic carbocycles. The second kappa shape index (κ2) is 6.35. The van der Waals surface area contributed by atoms with Crippen molar-refractivity contribution in [3.63, 3.8) is 0 Å². The van der Waals surface area contributed by atoms with Gasteiger partial charge in [-0.1, -0.05) is 0 Å². The zero-order valence-corrected chi connectivity index (χ0v) is 11.8. The van der Waals surface area contributed by atoms with Gasteiger partial charge in [0, 0.05) is 18.9 Å². The molecule has 2 aromatic rings. The van der Waals surface area contributed by atoms with Gasteiger partial charge in [-0.15, -0.1) is 0 Å². The van der Waals surface area contributed by atoms with Crippen LogP contribution in [-0.2, 0) is 0 Å². The van der Waals surface area contributed by atoms with Crippen molar-refractivity contribution in [2.24, 2.45) is 0 Å². The predicted molar refractivity (Wildman–Crippen MR) is 76.8 cm³/mol. The number of hydrogen-bond donors (Lipinski definition) is 0. The van der Waals surface area contributed by atoms with Crippen molar-refractivity contribution in [2.75, 3.05) is 18.0 Å². The fourth-order valence-corrected chi connectivity index (χ4v) is 2.39. The van der Waals surface area contributed by atoms with Crippen molar-refractivity contribution in [2.45, 2.75) is 18.9 Å². The average Bonchev–Trinajstić information content (AvgIpc) is 2.57. The van der Waals surface area contributed by atoms with Crippen LogP contribution in [0.4, 0.5) is 10.3 Å². The molecule has 2 aromatic heterocycles. The van der Waals surface area contributed by atoms with Gasteiger partial charge in [-0.3, -0.25) is 0 Å². The molecule has 0 radical (unpaired) electrons. The number of rotatable bonds is 3. The standard InChI is InChI=1S/C15H14FN5O/c16-13-4-1-6-18-14(13)22-12-3-2-8-21(10-12)15-19-7-5-11(9-17)20-15/h1,4-7,12H,2-3,8,10H2/t12-/m0/s1. The Morgan fingerprint density at radius 2 is 2.23 bits per heavy atom. The number of piperidine rings is 1. The number of nitrogens with zero attached hydrogens (tertiary/aromatic N) is 5. The van der Waals surface area contributed by atoms with Gasteiger partial charge in [-0.2, -0.15) is 5.26 Å². The van der Waals surface area contributed by atoms with Crippen LogP contribution in [0.15, 0.2) is 30.6 Å². The molecule has 3 heterocycles. The quantitative estimate of drug-likeness (QED) is 0.862. The van der Waals surface area contributed by atoms with Crippen LogP contribution in [-0.4, -0.2) is 34.1 Å². The zero-order chi connectivity index (χ0) is 15.4. The summed E-state index contributed by atoms with van der Waals surface area (Å²) in [6.45, 7) is 1.31. The highest BCUT2D eigenvalue weighted by molar-refractivity contribution is 5.34. The van der Waals surface area contributed by atoms with E-state index in [2.05, 4.69) is 15.0 Å². The highest BCUT2D eigenvalue weighted by Crippen LogP contribution is 2.21. The van der Waals surface area contributed by atoms with E-state index in [-0.39, 0.29) is 12.0 Å².